The van der Waals surface area contributed by atoms with Crippen LogP contribution in [0.15, 0.2) is 71.8 Å². The second kappa shape index (κ2) is 9.00. The number of carbonyl (C=O) groups excluding carboxylic acids is 2. The Kier molecular flexibility index (Phi) is 5.95. The molecule has 0 saturated carbocycles. The lowest BCUT2D eigenvalue weighted by atomic mass is 10.1. The SMILES string of the molecule is COC(=O)c1ccc(-n2c(C)cc(C=NNC(=O)c3cc4ccccc4cc3O)c2C)cc1. The van der Waals surface area contributed by atoms with Gasteiger partial charge >= 0.3 is 5.97 Å². The number of rotatable bonds is 5. The number of ether oxygens (including phenoxy) is 1. The van der Waals surface area contributed by atoms with E-state index in [1.807, 2.05) is 60.9 Å². The quantitative estimate of drug-likeness (QED) is 0.271. The highest BCUT2D eigenvalue weighted by Crippen LogP contribution is 2.25. The third-order valence-corrected chi connectivity index (χ3v) is 5.50. The monoisotopic (exact) mass is 441 g/mol. The van der Waals surface area contributed by atoms with E-state index in [0.29, 0.717) is 5.56 Å². The predicted molar refractivity (Wildman–Crippen MR) is 127 cm³/mol. The molecule has 1 amide bonds. The van der Waals surface area contributed by atoms with E-state index in [9.17, 15) is 14.7 Å². The van der Waals surface area contributed by atoms with Gasteiger partial charge in [0.1, 0.15) is 5.75 Å². The third kappa shape index (κ3) is 4.34. The fraction of sp³-hybridized carbons (Fsp3) is 0.115. The highest BCUT2D eigenvalue weighted by molar-refractivity contribution is 6.01. The first-order chi connectivity index (χ1) is 15.9. The van der Waals surface area contributed by atoms with Crippen molar-refractivity contribution in [1.82, 2.24) is 9.99 Å². The number of amides is 1. The van der Waals surface area contributed by atoms with E-state index < -0.39 is 5.91 Å². The summed E-state index contributed by atoms with van der Waals surface area (Å²) in [7, 11) is 1.35. The van der Waals surface area contributed by atoms with E-state index in [0.717, 1.165) is 33.4 Å². The number of aryl methyl sites for hydroxylation is 1. The van der Waals surface area contributed by atoms with Crippen LogP contribution in [0, 0.1) is 13.8 Å². The fourth-order valence-corrected chi connectivity index (χ4v) is 3.81. The number of carbonyl (C=O) groups is 2. The first kappa shape index (κ1) is 21.8. The van der Waals surface area contributed by atoms with Crippen molar-refractivity contribution in [3.8, 4) is 11.4 Å². The largest absolute Gasteiger partial charge is 0.507 e. The molecule has 7 heteroatoms. The molecule has 0 saturated heterocycles. The van der Waals surface area contributed by atoms with Gasteiger partial charge in [-0.1, -0.05) is 24.3 Å². The van der Waals surface area contributed by atoms with Gasteiger partial charge < -0.3 is 14.4 Å². The Morgan fingerprint density at radius 3 is 2.33 bits per heavy atom. The molecular formula is C26H23N3O4. The lowest BCUT2D eigenvalue weighted by Gasteiger charge is -2.10. The second-order valence-electron chi connectivity index (χ2n) is 7.62. The minimum absolute atomic E-state index is 0.102. The fourth-order valence-electron chi connectivity index (χ4n) is 3.81. The summed E-state index contributed by atoms with van der Waals surface area (Å²) in [6.45, 7) is 3.91. The highest BCUT2D eigenvalue weighted by atomic mass is 16.5. The molecule has 4 aromatic rings. The van der Waals surface area contributed by atoms with E-state index in [2.05, 4.69) is 10.5 Å². The van der Waals surface area contributed by atoms with Crippen molar-refractivity contribution in [3.05, 3.63) is 94.8 Å². The van der Waals surface area contributed by atoms with Crippen LogP contribution in [-0.2, 0) is 4.74 Å². The molecule has 0 fully saturated rings. The number of hydrogen-bond acceptors (Lipinski definition) is 5. The molecule has 0 spiro atoms. The lowest BCUT2D eigenvalue weighted by molar-refractivity contribution is 0.0600. The summed E-state index contributed by atoms with van der Waals surface area (Å²) in [6.07, 6.45) is 1.57. The summed E-state index contributed by atoms with van der Waals surface area (Å²) in [5.74, 6) is -0.986. The van der Waals surface area contributed by atoms with Crippen molar-refractivity contribution in [1.29, 1.82) is 0 Å². The number of aromatic nitrogens is 1. The number of fused-ring (bicyclic) bond motifs is 1. The maximum absolute atomic E-state index is 12.6. The number of methoxy groups -OCH3 is 1. The van der Waals surface area contributed by atoms with Gasteiger partial charge in [0.15, 0.2) is 0 Å². The van der Waals surface area contributed by atoms with Crippen molar-refractivity contribution >= 4 is 28.9 Å². The molecule has 2 N–H and O–H groups in total. The Balaban J connectivity index is 1.53. The van der Waals surface area contributed by atoms with E-state index in [4.69, 9.17) is 4.74 Å². The van der Waals surface area contributed by atoms with Crippen LogP contribution < -0.4 is 5.43 Å². The van der Waals surface area contributed by atoms with Crippen LogP contribution in [-0.4, -0.2) is 34.9 Å². The molecule has 33 heavy (non-hydrogen) atoms. The van der Waals surface area contributed by atoms with E-state index >= 15 is 0 Å². The topological polar surface area (TPSA) is 92.9 Å². The summed E-state index contributed by atoms with van der Waals surface area (Å²) >= 11 is 0. The van der Waals surface area contributed by atoms with Crippen molar-refractivity contribution < 1.29 is 19.4 Å². The van der Waals surface area contributed by atoms with Gasteiger partial charge in [-0.15, -0.1) is 0 Å². The third-order valence-electron chi connectivity index (χ3n) is 5.50. The molecule has 0 atom stereocenters. The Labute approximate surface area is 190 Å². The zero-order chi connectivity index (χ0) is 23.5. The van der Waals surface area contributed by atoms with Gasteiger partial charge in [0, 0.05) is 22.6 Å². The summed E-state index contributed by atoms with van der Waals surface area (Å²) in [6, 6.07) is 19.8. The number of esters is 1. The van der Waals surface area contributed by atoms with Crippen molar-refractivity contribution in [2.24, 2.45) is 5.10 Å². The van der Waals surface area contributed by atoms with Crippen LogP contribution in [0.1, 0.15) is 37.7 Å². The number of phenols is 1. The molecule has 166 valence electrons. The molecule has 7 nitrogen and oxygen atoms in total. The van der Waals surface area contributed by atoms with Gasteiger partial charge in [0.25, 0.3) is 5.91 Å². The summed E-state index contributed by atoms with van der Waals surface area (Å²) in [5, 5.41) is 16.0. The number of phenolic OH excluding ortho intramolecular Hbond substituents is 1. The van der Waals surface area contributed by atoms with Crippen LogP contribution >= 0.6 is 0 Å². The molecule has 0 unspecified atom stereocenters. The minimum Gasteiger partial charge on any atom is -0.507 e. The van der Waals surface area contributed by atoms with Gasteiger partial charge in [-0.2, -0.15) is 5.10 Å². The molecule has 1 heterocycles. The molecule has 1 aromatic heterocycles. The number of benzene rings is 3. The van der Waals surface area contributed by atoms with Crippen molar-refractivity contribution in [3.63, 3.8) is 0 Å². The molecule has 0 aliphatic rings. The number of nitrogens with zero attached hydrogens (tertiary/aromatic N) is 2. The molecule has 3 aromatic carbocycles. The van der Waals surface area contributed by atoms with E-state index in [-0.39, 0.29) is 17.3 Å². The maximum atomic E-state index is 12.6. The zero-order valence-corrected chi connectivity index (χ0v) is 18.5. The van der Waals surface area contributed by atoms with E-state index in [1.54, 1.807) is 30.5 Å². The average molecular weight is 441 g/mol. The van der Waals surface area contributed by atoms with E-state index in [1.165, 1.54) is 7.11 Å². The maximum Gasteiger partial charge on any atom is 0.337 e. The molecular weight excluding hydrogens is 418 g/mol. The first-order valence-electron chi connectivity index (χ1n) is 10.3. The summed E-state index contributed by atoms with van der Waals surface area (Å²) in [5.41, 5.74) is 6.73. The second-order valence-corrected chi connectivity index (χ2v) is 7.62. The average Bonchev–Trinajstić information content (AvgIpc) is 3.10. The molecule has 0 aliphatic carbocycles. The molecule has 0 radical (unpaired) electrons. The Bertz CT molecular complexity index is 1380. The number of hydrogen-bond donors (Lipinski definition) is 2. The van der Waals surface area contributed by atoms with Crippen molar-refractivity contribution in [2.75, 3.05) is 7.11 Å². The van der Waals surface area contributed by atoms with Crippen molar-refractivity contribution in [2.45, 2.75) is 13.8 Å². The summed E-state index contributed by atoms with van der Waals surface area (Å²) < 4.78 is 6.77. The first-order valence-corrected chi connectivity index (χ1v) is 10.3. The molecule has 0 aliphatic heterocycles. The lowest BCUT2D eigenvalue weighted by Crippen LogP contribution is -2.17. The Morgan fingerprint density at radius 1 is 1.00 bits per heavy atom. The van der Waals surface area contributed by atoms with Crippen LogP contribution in [0.5, 0.6) is 5.75 Å². The van der Waals surface area contributed by atoms with Gasteiger partial charge in [-0.3, -0.25) is 4.79 Å². The number of hydrazone groups is 1. The van der Waals surface area contributed by atoms with Gasteiger partial charge in [0.05, 0.1) is 24.5 Å². The highest BCUT2D eigenvalue weighted by Gasteiger charge is 2.13. The minimum atomic E-state index is -0.498. The Morgan fingerprint density at radius 2 is 1.67 bits per heavy atom. The summed E-state index contributed by atoms with van der Waals surface area (Å²) in [4.78, 5) is 24.2. The van der Waals surface area contributed by atoms with Crippen LogP contribution in [0.3, 0.4) is 0 Å². The van der Waals surface area contributed by atoms with Crippen LogP contribution in [0.2, 0.25) is 0 Å². The molecule has 0 bridgehead atoms. The normalized spacial score (nSPS) is 11.1. The van der Waals surface area contributed by atoms with Crippen LogP contribution in [0.25, 0.3) is 16.5 Å². The number of aromatic hydroxyl groups is 1. The zero-order valence-electron chi connectivity index (χ0n) is 18.5. The van der Waals surface area contributed by atoms with Gasteiger partial charge in [-0.05, 0) is 67.1 Å². The smallest absolute Gasteiger partial charge is 0.337 e. The van der Waals surface area contributed by atoms with Gasteiger partial charge in [-0.25, -0.2) is 10.2 Å². The predicted octanol–water partition coefficient (Wildman–Crippen LogP) is 4.50. The standard InChI is InChI=1S/C26H23N3O4/c1-16-12-21(17(2)29(16)22-10-8-18(9-11-22)26(32)33-3)15-27-28-25(31)23-13-19-6-4-5-7-20(19)14-24(23)30/h4-15,30H,1-3H3,(H,28,31). The van der Waals surface area contributed by atoms with Crippen LogP contribution in [0.4, 0.5) is 0 Å². The van der Waals surface area contributed by atoms with Gasteiger partial charge in [0.2, 0.25) is 0 Å². The number of nitrogens with one attached hydrogen (secondary N) is 1. The Hall–Kier alpha value is -4.39. The molecule has 4 rings (SSSR count).